The van der Waals surface area contributed by atoms with Crippen molar-refractivity contribution in [3.63, 3.8) is 0 Å². The summed E-state index contributed by atoms with van der Waals surface area (Å²) in [5.41, 5.74) is 0.224. The minimum atomic E-state index is -4.63. The maximum atomic E-state index is 15.3. The van der Waals surface area contributed by atoms with Crippen molar-refractivity contribution in [1.82, 2.24) is 44.8 Å². The molecular weight excluding hydrogens is 599 g/mol. The molecule has 0 saturated carbocycles. The average molecular weight is 615 g/mol. The highest BCUT2D eigenvalue weighted by Crippen LogP contribution is 2.34. The summed E-state index contributed by atoms with van der Waals surface area (Å²) < 4.78 is 72.8. The van der Waals surface area contributed by atoms with Crippen LogP contribution < -0.4 is 4.73 Å². The van der Waals surface area contributed by atoms with Gasteiger partial charge in [0.05, 0.1) is 46.3 Å². The Morgan fingerprint density at radius 2 is 1.81 bits per heavy atom. The molecule has 1 unspecified atom stereocenters. The third-order valence-electron chi connectivity index (χ3n) is 6.54. The summed E-state index contributed by atoms with van der Waals surface area (Å²) in [4.78, 5) is 3.52. The second-order valence-corrected chi connectivity index (χ2v) is 9.63. The van der Waals surface area contributed by atoms with Crippen LogP contribution in [0.25, 0.3) is 27.9 Å². The van der Waals surface area contributed by atoms with Crippen LogP contribution in [0, 0.1) is 17.0 Å². The molecular formula is C26H16ClF5N10O. The van der Waals surface area contributed by atoms with Gasteiger partial charge in [-0.05, 0) is 40.3 Å². The molecule has 0 fully saturated rings. The molecule has 43 heavy (non-hydrogen) atoms. The van der Waals surface area contributed by atoms with Crippen LogP contribution in [0.15, 0.2) is 79.9 Å². The van der Waals surface area contributed by atoms with Gasteiger partial charge in [-0.2, -0.15) is 37.2 Å². The Balaban J connectivity index is 1.43. The summed E-state index contributed by atoms with van der Waals surface area (Å²) in [5, 5.41) is 32.3. The van der Waals surface area contributed by atoms with E-state index in [1.165, 1.54) is 64.6 Å². The smallest absolute Gasteiger partial charge is 0.419 e. The van der Waals surface area contributed by atoms with Crippen LogP contribution in [0.1, 0.15) is 17.3 Å². The first-order valence-electron chi connectivity index (χ1n) is 12.3. The maximum Gasteiger partial charge on any atom is 0.419 e. The Kier molecular flexibility index (Phi) is 7.05. The lowest BCUT2D eigenvalue weighted by Gasteiger charge is -2.18. The Hall–Kier alpha value is -5.25. The van der Waals surface area contributed by atoms with E-state index >= 15 is 4.39 Å². The number of alkyl halides is 3. The van der Waals surface area contributed by atoms with Gasteiger partial charge in [-0.25, -0.2) is 9.37 Å². The summed E-state index contributed by atoms with van der Waals surface area (Å²) in [6.07, 6.45) is 3.37. The summed E-state index contributed by atoms with van der Waals surface area (Å²) in [7, 11) is 0. The third kappa shape index (κ3) is 5.51. The molecule has 17 heteroatoms. The molecule has 5 aromatic heterocycles. The van der Waals surface area contributed by atoms with E-state index in [1.54, 1.807) is 6.07 Å². The molecule has 0 spiro atoms. The topological polar surface area (TPSA) is 119 Å². The standard InChI is InChI=1S/C26H16ClF5N10O/c27-19-2-4-21(41-14-34-37-38-41)24(25(19)29)16-1-3-20(42(43)11-16)22(13-39-12-18(9-35-39)26(30,31)32)40-10-17(8-36-40)15-5-6-33-23(28)7-15/h1-12,14,22H,13H2. The van der Waals surface area contributed by atoms with Crippen LogP contribution in [0.4, 0.5) is 22.0 Å². The van der Waals surface area contributed by atoms with Gasteiger partial charge < -0.3 is 5.21 Å². The SMILES string of the molecule is [O-][n+]1cc(-c2c(-n3cnnn3)ccc(Cl)c2F)ccc1C(Cn1cc(C(F)(F)F)cn1)n1cc(-c2ccnc(F)c2)cn1. The van der Waals surface area contributed by atoms with E-state index in [9.17, 15) is 22.8 Å². The van der Waals surface area contributed by atoms with Gasteiger partial charge in [0.25, 0.3) is 0 Å². The van der Waals surface area contributed by atoms with E-state index in [2.05, 4.69) is 30.7 Å². The van der Waals surface area contributed by atoms with Crippen molar-refractivity contribution < 1.29 is 26.7 Å². The molecule has 0 aliphatic carbocycles. The molecule has 0 amide bonds. The fourth-order valence-electron chi connectivity index (χ4n) is 4.52. The fourth-order valence-corrected chi connectivity index (χ4v) is 4.67. The zero-order chi connectivity index (χ0) is 30.3. The number of hydrogen-bond acceptors (Lipinski definition) is 7. The number of halogens is 6. The summed E-state index contributed by atoms with van der Waals surface area (Å²) >= 11 is 6.04. The summed E-state index contributed by atoms with van der Waals surface area (Å²) in [5.74, 6) is -1.54. The Labute approximate surface area is 243 Å². The average Bonchev–Trinajstić information content (AvgIpc) is 3.75. The van der Waals surface area contributed by atoms with E-state index in [0.29, 0.717) is 22.1 Å². The zero-order valence-corrected chi connectivity index (χ0v) is 22.2. The van der Waals surface area contributed by atoms with Crippen LogP contribution in [-0.4, -0.2) is 44.8 Å². The van der Waals surface area contributed by atoms with Crippen molar-refractivity contribution in [2.75, 3.05) is 0 Å². The number of pyridine rings is 2. The van der Waals surface area contributed by atoms with Gasteiger partial charge in [0, 0.05) is 36.3 Å². The van der Waals surface area contributed by atoms with Gasteiger partial charge in [0.15, 0.2) is 18.1 Å². The first-order chi connectivity index (χ1) is 20.6. The van der Waals surface area contributed by atoms with Crippen molar-refractivity contribution >= 4 is 11.6 Å². The largest absolute Gasteiger partial charge is 0.618 e. The highest BCUT2D eigenvalue weighted by Gasteiger charge is 2.33. The highest BCUT2D eigenvalue weighted by atomic mass is 35.5. The molecule has 0 N–H and O–H groups in total. The fraction of sp³-hybridized carbons (Fsp3) is 0.115. The molecule has 11 nitrogen and oxygen atoms in total. The molecule has 1 aromatic carbocycles. The molecule has 0 aliphatic heterocycles. The maximum absolute atomic E-state index is 15.3. The number of benzene rings is 1. The van der Waals surface area contributed by atoms with Crippen LogP contribution in [0.5, 0.6) is 0 Å². The van der Waals surface area contributed by atoms with Crippen molar-refractivity contribution in [2.24, 2.45) is 0 Å². The van der Waals surface area contributed by atoms with E-state index < -0.39 is 29.5 Å². The molecule has 218 valence electrons. The molecule has 0 aliphatic rings. The summed E-state index contributed by atoms with van der Waals surface area (Å²) in [6, 6.07) is 7.36. The highest BCUT2D eigenvalue weighted by molar-refractivity contribution is 6.31. The molecule has 0 radical (unpaired) electrons. The number of hydrogen-bond donors (Lipinski definition) is 0. The summed E-state index contributed by atoms with van der Waals surface area (Å²) in [6.45, 7) is -0.245. The lowest BCUT2D eigenvalue weighted by molar-refractivity contribution is -0.615. The number of tetrazole rings is 1. The lowest BCUT2D eigenvalue weighted by Crippen LogP contribution is -2.37. The van der Waals surface area contributed by atoms with E-state index in [1.807, 2.05) is 0 Å². The first kappa shape index (κ1) is 27.9. The Morgan fingerprint density at radius 1 is 0.977 bits per heavy atom. The van der Waals surface area contributed by atoms with Crippen molar-refractivity contribution in [2.45, 2.75) is 18.8 Å². The number of nitrogens with zero attached hydrogens (tertiary/aromatic N) is 10. The van der Waals surface area contributed by atoms with Crippen molar-refractivity contribution in [3.05, 3.63) is 113 Å². The van der Waals surface area contributed by atoms with Crippen LogP contribution in [0.3, 0.4) is 0 Å². The van der Waals surface area contributed by atoms with Gasteiger partial charge in [-0.15, -0.1) is 5.10 Å². The van der Waals surface area contributed by atoms with Crippen LogP contribution >= 0.6 is 11.6 Å². The van der Waals surface area contributed by atoms with Crippen LogP contribution in [-0.2, 0) is 12.7 Å². The minimum absolute atomic E-state index is 0.0368. The minimum Gasteiger partial charge on any atom is -0.618 e. The molecule has 0 saturated heterocycles. The van der Waals surface area contributed by atoms with Crippen molar-refractivity contribution in [3.8, 4) is 27.9 Å². The molecule has 5 heterocycles. The third-order valence-corrected chi connectivity index (χ3v) is 6.84. The normalized spacial score (nSPS) is 12.5. The van der Waals surface area contributed by atoms with Gasteiger partial charge >= 0.3 is 6.18 Å². The molecule has 6 rings (SSSR count). The molecule has 1 atom stereocenters. The monoisotopic (exact) mass is 614 g/mol. The van der Waals surface area contributed by atoms with Gasteiger partial charge in [0.1, 0.15) is 6.33 Å². The van der Waals surface area contributed by atoms with Gasteiger partial charge in [-0.3, -0.25) is 9.36 Å². The van der Waals surface area contributed by atoms with Gasteiger partial charge in [-0.1, -0.05) is 11.6 Å². The molecule has 6 aromatic rings. The Bertz CT molecular complexity index is 1920. The second-order valence-electron chi connectivity index (χ2n) is 9.22. The predicted octanol–water partition coefficient (Wildman–Crippen LogP) is 4.66. The number of rotatable bonds is 7. The lowest BCUT2D eigenvalue weighted by atomic mass is 10.0. The number of aromatic nitrogens is 10. The van der Waals surface area contributed by atoms with Gasteiger partial charge in [0.2, 0.25) is 11.6 Å². The van der Waals surface area contributed by atoms with E-state index in [-0.39, 0.29) is 34.1 Å². The van der Waals surface area contributed by atoms with Crippen LogP contribution in [0.2, 0.25) is 5.02 Å². The molecule has 0 bridgehead atoms. The second kappa shape index (κ2) is 10.9. The predicted molar refractivity (Wildman–Crippen MR) is 139 cm³/mol. The zero-order valence-electron chi connectivity index (χ0n) is 21.4. The Morgan fingerprint density at radius 3 is 2.51 bits per heavy atom. The van der Waals surface area contributed by atoms with Crippen molar-refractivity contribution in [1.29, 1.82) is 0 Å². The van der Waals surface area contributed by atoms with E-state index in [0.717, 1.165) is 17.1 Å². The first-order valence-corrected chi connectivity index (χ1v) is 12.7. The van der Waals surface area contributed by atoms with E-state index in [4.69, 9.17) is 11.6 Å². The quantitative estimate of drug-likeness (QED) is 0.111.